The number of aromatic nitrogens is 3. The van der Waals surface area contributed by atoms with Gasteiger partial charge in [-0.2, -0.15) is 14.7 Å². The van der Waals surface area contributed by atoms with E-state index in [1.165, 1.54) is 0 Å². The lowest BCUT2D eigenvalue weighted by Gasteiger charge is -2.23. The van der Waals surface area contributed by atoms with Crippen LogP contribution in [-0.4, -0.2) is 38.7 Å². The molecular weight excluding hydrogens is 348 g/mol. The fourth-order valence-corrected chi connectivity index (χ4v) is 3.04. The van der Waals surface area contributed by atoms with Crippen LogP contribution in [0.15, 0.2) is 35.1 Å². The van der Waals surface area contributed by atoms with E-state index in [-0.39, 0.29) is 11.1 Å². The summed E-state index contributed by atoms with van der Waals surface area (Å²) in [5.41, 5.74) is 1.27. The molecule has 0 fully saturated rings. The van der Waals surface area contributed by atoms with E-state index >= 15 is 0 Å². The number of carbonyl (C=O) groups is 1. The van der Waals surface area contributed by atoms with Gasteiger partial charge in [0, 0.05) is 12.7 Å². The summed E-state index contributed by atoms with van der Waals surface area (Å²) in [6.07, 6.45) is 8.54. The van der Waals surface area contributed by atoms with Crippen LogP contribution in [0, 0.1) is 11.5 Å². The number of nitrogens with zero attached hydrogens (tertiary/aromatic N) is 6. The van der Waals surface area contributed by atoms with Crippen molar-refractivity contribution in [2.45, 2.75) is 19.1 Å². The first kappa shape index (κ1) is 18.1. The molecule has 0 aliphatic carbocycles. The standard InChI is InChI=1S/C15H17ClN6OS/c1-4-21(15(23)11(2)24(3)19-10-17)13-9-22(20-14(13)16)12-6-5-7-18-8-12/h5-9,11H,4H2,1-3H3. The average molecular weight is 365 g/mol. The molecule has 0 radical (unpaired) electrons. The van der Waals surface area contributed by atoms with Crippen molar-refractivity contribution in [1.82, 2.24) is 14.8 Å². The molecule has 7 nitrogen and oxygen atoms in total. The van der Waals surface area contributed by atoms with Gasteiger partial charge in [0.05, 0.1) is 23.3 Å². The van der Waals surface area contributed by atoms with Crippen molar-refractivity contribution in [2.24, 2.45) is 4.36 Å². The van der Waals surface area contributed by atoms with Crippen molar-refractivity contribution in [2.75, 3.05) is 17.7 Å². The van der Waals surface area contributed by atoms with Gasteiger partial charge < -0.3 is 4.90 Å². The first-order valence-corrected chi connectivity index (χ1v) is 9.24. The molecular formula is C15H17ClN6OS. The van der Waals surface area contributed by atoms with Crippen molar-refractivity contribution in [3.8, 4) is 11.9 Å². The van der Waals surface area contributed by atoms with E-state index in [0.29, 0.717) is 12.2 Å². The van der Waals surface area contributed by atoms with Gasteiger partial charge in [-0.05, 0) is 32.2 Å². The summed E-state index contributed by atoms with van der Waals surface area (Å²) in [6.45, 7) is 4.05. The minimum Gasteiger partial charge on any atom is -0.308 e. The molecule has 0 saturated heterocycles. The molecule has 126 valence electrons. The number of nitriles is 1. The zero-order valence-electron chi connectivity index (χ0n) is 13.5. The maximum absolute atomic E-state index is 12.7. The van der Waals surface area contributed by atoms with Crippen LogP contribution in [0.2, 0.25) is 5.15 Å². The third-order valence-electron chi connectivity index (χ3n) is 3.48. The minimum atomic E-state index is -0.684. The second-order valence-corrected chi connectivity index (χ2v) is 7.20. The molecule has 2 rings (SSSR count). The van der Waals surface area contributed by atoms with E-state index in [4.69, 9.17) is 16.9 Å². The van der Waals surface area contributed by atoms with Crippen LogP contribution in [0.25, 0.3) is 5.69 Å². The molecule has 2 heterocycles. The van der Waals surface area contributed by atoms with Crippen LogP contribution < -0.4 is 4.90 Å². The van der Waals surface area contributed by atoms with Crippen LogP contribution in [0.4, 0.5) is 5.69 Å². The second kappa shape index (κ2) is 8.04. The molecule has 1 amide bonds. The third-order valence-corrected chi connectivity index (χ3v) is 5.34. The van der Waals surface area contributed by atoms with Gasteiger partial charge in [-0.25, -0.2) is 4.68 Å². The number of rotatable bonds is 5. The fourth-order valence-electron chi connectivity index (χ4n) is 2.10. The Labute approximate surface area is 148 Å². The summed E-state index contributed by atoms with van der Waals surface area (Å²) in [7, 11) is -0.684. The Morgan fingerprint density at radius 3 is 2.96 bits per heavy atom. The van der Waals surface area contributed by atoms with Crippen molar-refractivity contribution in [1.29, 1.82) is 5.26 Å². The summed E-state index contributed by atoms with van der Waals surface area (Å²) < 4.78 is 5.33. The maximum atomic E-state index is 12.7. The monoisotopic (exact) mass is 364 g/mol. The van der Waals surface area contributed by atoms with E-state index in [1.807, 2.05) is 13.0 Å². The molecule has 0 aliphatic heterocycles. The van der Waals surface area contributed by atoms with E-state index in [1.54, 1.807) is 53.6 Å². The summed E-state index contributed by atoms with van der Waals surface area (Å²) in [6, 6.07) is 3.64. The summed E-state index contributed by atoms with van der Waals surface area (Å²) in [4.78, 5) is 18.3. The van der Waals surface area contributed by atoms with Gasteiger partial charge in [0.2, 0.25) is 12.1 Å². The second-order valence-electron chi connectivity index (χ2n) is 4.90. The Hall–Kier alpha value is -2.24. The Kier molecular flexibility index (Phi) is 6.06. The van der Waals surface area contributed by atoms with Crippen LogP contribution in [0.1, 0.15) is 13.8 Å². The van der Waals surface area contributed by atoms with Gasteiger partial charge in [-0.15, -0.1) is 0 Å². The topological polar surface area (TPSA) is 87.2 Å². The number of carbonyl (C=O) groups excluding carboxylic acids is 1. The Morgan fingerprint density at radius 1 is 1.62 bits per heavy atom. The highest BCUT2D eigenvalue weighted by molar-refractivity contribution is 7.88. The molecule has 2 aromatic heterocycles. The Balaban J connectivity index is 2.35. The zero-order chi connectivity index (χ0) is 17.7. The van der Waals surface area contributed by atoms with Gasteiger partial charge >= 0.3 is 0 Å². The smallest absolute Gasteiger partial charge is 0.240 e. The average Bonchev–Trinajstić information content (AvgIpc) is 2.97. The first-order chi connectivity index (χ1) is 11.5. The predicted molar refractivity (Wildman–Crippen MR) is 95.2 cm³/mol. The van der Waals surface area contributed by atoms with Gasteiger partial charge in [0.1, 0.15) is 5.69 Å². The predicted octanol–water partition coefficient (Wildman–Crippen LogP) is 2.57. The number of anilines is 1. The summed E-state index contributed by atoms with van der Waals surface area (Å²) in [5.74, 6) is -0.144. The molecule has 0 aliphatic rings. The van der Waals surface area contributed by atoms with Gasteiger partial charge in [-0.1, -0.05) is 22.3 Å². The van der Waals surface area contributed by atoms with Crippen LogP contribution >= 0.6 is 11.6 Å². The lowest BCUT2D eigenvalue weighted by molar-refractivity contribution is -0.117. The van der Waals surface area contributed by atoms with Crippen molar-refractivity contribution in [3.63, 3.8) is 0 Å². The van der Waals surface area contributed by atoms with E-state index in [0.717, 1.165) is 5.69 Å². The van der Waals surface area contributed by atoms with Crippen molar-refractivity contribution < 1.29 is 4.79 Å². The number of pyridine rings is 1. The summed E-state index contributed by atoms with van der Waals surface area (Å²) in [5, 5.41) is 12.7. The van der Waals surface area contributed by atoms with Gasteiger partial charge in [-0.3, -0.25) is 9.78 Å². The van der Waals surface area contributed by atoms with Crippen LogP contribution in [0.3, 0.4) is 0 Å². The molecule has 0 saturated carbocycles. The maximum Gasteiger partial charge on any atom is 0.240 e. The molecule has 0 bridgehead atoms. The summed E-state index contributed by atoms with van der Waals surface area (Å²) >= 11 is 6.24. The quantitative estimate of drug-likeness (QED) is 0.763. The third kappa shape index (κ3) is 3.80. The van der Waals surface area contributed by atoms with E-state index < -0.39 is 15.9 Å². The molecule has 0 N–H and O–H groups in total. The molecule has 0 spiro atoms. The Bertz CT molecular complexity index is 798. The number of hydrogen-bond donors (Lipinski definition) is 0. The highest BCUT2D eigenvalue weighted by atomic mass is 35.5. The van der Waals surface area contributed by atoms with Gasteiger partial charge in [0.25, 0.3) is 0 Å². The van der Waals surface area contributed by atoms with Crippen molar-refractivity contribution in [3.05, 3.63) is 35.9 Å². The first-order valence-electron chi connectivity index (χ1n) is 7.21. The zero-order valence-corrected chi connectivity index (χ0v) is 15.1. The number of amides is 1. The molecule has 24 heavy (non-hydrogen) atoms. The van der Waals surface area contributed by atoms with Crippen molar-refractivity contribution >= 4 is 33.9 Å². The lowest BCUT2D eigenvalue weighted by atomic mass is 10.3. The van der Waals surface area contributed by atoms with Gasteiger partial charge in [0.15, 0.2) is 5.15 Å². The highest BCUT2D eigenvalue weighted by Gasteiger charge is 2.26. The fraction of sp³-hybridized carbons (Fsp3) is 0.333. The largest absolute Gasteiger partial charge is 0.308 e. The number of halogens is 1. The van der Waals surface area contributed by atoms with Crippen LogP contribution in [-0.2, 0) is 15.5 Å². The Morgan fingerprint density at radius 2 is 2.38 bits per heavy atom. The lowest BCUT2D eigenvalue weighted by Crippen LogP contribution is -2.39. The van der Waals surface area contributed by atoms with E-state index in [2.05, 4.69) is 14.4 Å². The molecule has 2 unspecified atom stereocenters. The minimum absolute atomic E-state index is 0.144. The SMILES string of the molecule is CCN(C(=O)C(C)/S(C)=N/C#N)c1cn(-c2cccnc2)nc1Cl. The molecule has 9 heteroatoms. The van der Waals surface area contributed by atoms with Crippen LogP contribution in [0.5, 0.6) is 0 Å². The number of hydrogen-bond acceptors (Lipinski definition) is 5. The normalized spacial score (nSPS) is 13.3. The molecule has 0 aromatic carbocycles. The molecule has 2 atom stereocenters. The highest BCUT2D eigenvalue weighted by Crippen LogP contribution is 2.26. The van der Waals surface area contributed by atoms with E-state index in [9.17, 15) is 4.79 Å². The molecule has 2 aromatic rings.